The van der Waals surface area contributed by atoms with Crippen molar-refractivity contribution in [2.75, 3.05) is 14.2 Å². The van der Waals surface area contributed by atoms with Crippen LogP contribution in [-0.4, -0.2) is 44.5 Å². The van der Waals surface area contributed by atoms with E-state index in [9.17, 15) is 26.0 Å². The molecule has 0 aromatic carbocycles. The Hall–Kier alpha value is -1.13. The molecular formula is C17H24F4O5S. The number of alkyl halides is 4. The highest BCUT2D eigenvalue weighted by Crippen LogP contribution is 2.58. The number of hydrogen-bond donors (Lipinski definition) is 1. The van der Waals surface area contributed by atoms with E-state index in [0.29, 0.717) is 12.8 Å². The van der Waals surface area contributed by atoms with Gasteiger partial charge in [-0.25, -0.2) is 0 Å². The van der Waals surface area contributed by atoms with Crippen LogP contribution in [0.4, 0.5) is 17.6 Å². The lowest BCUT2D eigenvalue weighted by atomic mass is 9.84. The van der Waals surface area contributed by atoms with Gasteiger partial charge in [0.2, 0.25) is 0 Å². The summed E-state index contributed by atoms with van der Waals surface area (Å²) in [5.41, 5.74) is 0. The quantitative estimate of drug-likeness (QED) is 0.541. The van der Waals surface area contributed by atoms with E-state index in [1.54, 1.807) is 14.2 Å². The first kappa shape index (κ1) is 22.2. The summed E-state index contributed by atoms with van der Waals surface area (Å²) in [7, 11) is -2.72. The molecule has 3 aliphatic carbocycles. The van der Waals surface area contributed by atoms with Crippen molar-refractivity contribution in [2.24, 2.45) is 17.8 Å². The number of hydrogen-bond acceptors (Lipinski definition) is 4. The minimum absolute atomic E-state index is 0.0203. The van der Waals surface area contributed by atoms with Gasteiger partial charge in [0.05, 0.1) is 19.0 Å². The molecular weight excluding hydrogens is 392 g/mol. The van der Waals surface area contributed by atoms with Gasteiger partial charge in [0.25, 0.3) is 0 Å². The summed E-state index contributed by atoms with van der Waals surface area (Å²) < 4.78 is 92.5. The lowest BCUT2D eigenvalue weighted by molar-refractivity contribution is -0.202. The Bertz CT molecular complexity index is 689. The van der Waals surface area contributed by atoms with Crippen molar-refractivity contribution in [3.8, 4) is 0 Å². The lowest BCUT2D eigenvalue weighted by Crippen LogP contribution is -2.52. The molecule has 0 saturated heterocycles. The van der Waals surface area contributed by atoms with Gasteiger partial charge in [-0.05, 0) is 37.2 Å². The molecule has 27 heavy (non-hydrogen) atoms. The molecule has 0 aromatic heterocycles. The molecule has 2 fully saturated rings. The van der Waals surface area contributed by atoms with Gasteiger partial charge in [-0.1, -0.05) is 18.6 Å². The zero-order valence-electron chi connectivity index (χ0n) is 15.1. The van der Waals surface area contributed by atoms with Gasteiger partial charge in [-0.3, -0.25) is 4.55 Å². The molecule has 3 rings (SSSR count). The van der Waals surface area contributed by atoms with Gasteiger partial charge in [0.15, 0.2) is 0 Å². The molecule has 0 aliphatic heterocycles. The first-order valence-electron chi connectivity index (χ1n) is 8.60. The van der Waals surface area contributed by atoms with Crippen molar-refractivity contribution >= 4 is 10.1 Å². The van der Waals surface area contributed by atoms with Crippen LogP contribution in [0.1, 0.15) is 32.1 Å². The van der Waals surface area contributed by atoms with Crippen molar-refractivity contribution in [1.82, 2.24) is 0 Å². The minimum atomic E-state index is -6.10. The van der Waals surface area contributed by atoms with Crippen molar-refractivity contribution < 1.29 is 40.0 Å². The third kappa shape index (κ3) is 4.48. The van der Waals surface area contributed by atoms with Crippen LogP contribution in [0.5, 0.6) is 0 Å². The average molecular weight is 416 g/mol. The molecule has 4 unspecified atom stereocenters. The van der Waals surface area contributed by atoms with Crippen LogP contribution in [-0.2, 0) is 19.6 Å². The predicted octanol–water partition coefficient (Wildman–Crippen LogP) is 4.03. The summed E-state index contributed by atoms with van der Waals surface area (Å²) >= 11 is 0. The van der Waals surface area contributed by atoms with Gasteiger partial charge in [-0.15, -0.1) is 0 Å². The smallest absolute Gasteiger partial charge is 0.431 e. The van der Waals surface area contributed by atoms with E-state index in [-0.39, 0.29) is 18.4 Å². The summed E-state index contributed by atoms with van der Waals surface area (Å²) in [5.74, 6) is -5.97. The number of halogens is 4. The lowest BCUT2D eigenvalue weighted by Gasteiger charge is -2.33. The Labute approximate surface area is 156 Å². The van der Waals surface area contributed by atoms with Gasteiger partial charge in [0.1, 0.15) is 0 Å². The third-order valence-corrected chi connectivity index (χ3v) is 6.41. The molecule has 1 N–H and O–H groups in total. The second-order valence-electron chi connectivity index (χ2n) is 7.10. The average Bonchev–Trinajstić information content (AvgIpc) is 3.24. The first-order chi connectivity index (χ1) is 12.4. The number of ether oxygens (including phenoxy) is 2. The standard InChI is InChI=1S/C9H12F4O3S.C8H12O2/c10-8(11,9(12,13)17(14,15)16)7-4-5-1-2-6(7)3-5;1-9-7-4-3-5-8(6-7)10-2/h5-7H,1-4H2,(H,14,15,16);3-5,7H,6H2,1-2H3. The highest BCUT2D eigenvalue weighted by atomic mass is 32.2. The molecule has 2 bridgehead atoms. The molecule has 5 nitrogen and oxygen atoms in total. The highest BCUT2D eigenvalue weighted by molar-refractivity contribution is 7.87. The topological polar surface area (TPSA) is 72.8 Å². The van der Waals surface area contributed by atoms with E-state index in [0.717, 1.165) is 18.6 Å². The molecule has 4 atom stereocenters. The Morgan fingerprint density at radius 3 is 2.26 bits per heavy atom. The van der Waals surface area contributed by atoms with Crippen LogP contribution < -0.4 is 0 Å². The van der Waals surface area contributed by atoms with Crippen LogP contribution >= 0.6 is 0 Å². The summed E-state index contributed by atoms with van der Waals surface area (Å²) in [6.45, 7) is 0. The molecule has 0 spiro atoms. The summed E-state index contributed by atoms with van der Waals surface area (Å²) in [6.07, 6.45) is 8.48. The van der Waals surface area contributed by atoms with Gasteiger partial charge in [0, 0.05) is 19.4 Å². The van der Waals surface area contributed by atoms with Gasteiger partial charge in [-0.2, -0.15) is 26.0 Å². The zero-order chi connectivity index (χ0) is 20.5. The molecule has 156 valence electrons. The molecule has 0 radical (unpaired) electrons. The zero-order valence-corrected chi connectivity index (χ0v) is 15.9. The van der Waals surface area contributed by atoms with Crippen LogP contribution in [0.3, 0.4) is 0 Å². The fourth-order valence-electron chi connectivity index (χ4n) is 4.01. The van der Waals surface area contributed by atoms with Crippen LogP contribution in [0.25, 0.3) is 0 Å². The largest absolute Gasteiger partial charge is 0.501 e. The Morgan fingerprint density at radius 1 is 1.15 bits per heavy atom. The Morgan fingerprint density at radius 2 is 1.81 bits per heavy atom. The number of methoxy groups -OCH3 is 2. The van der Waals surface area contributed by atoms with Crippen molar-refractivity contribution in [3.63, 3.8) is 0 Å². The second kappa shape index (κ2) is 8.08. The SMILES string of the molecule is COC1=CC=CC(OC)C1.O=S(=O)(O)C(F)(F)C(F)(F)C1CC2CCC1C2. The normalized spacial score (nSPS) is 30.6. The fourth-order valence-corrected chi connectivity index (χ4v) is 4.51. The van der Waals surface area contributed by atoms with Crippen molar-refractivity contribution in [2.45, 2.75) is 49.4 Å². The molecule has 2 saturated carbocycles. The van der Waals surface area contributed by atoms with Gasteiger partial charge >= 0.3 is 21.3 Å². The van der Waals surface area contributed by atoms with Crippen molar-refractivity contribution in [3.05, 3.63) is 24.0 Å². The maximum absolute atomic E-state index is 13.6. The Balaban J connectivity index is 0.000000223. The monoisotopic (exact) mass is 416 g/mol. The number of rotatable bonds is 5. The third-order valence-electron chi connectivity index (χ3n) is 5.49. The Kier molecular flexibility index (Phi) is 6.63. The van der Waals surface area contributed by atoms with Crippen LogP contribution in [0, 0.1) is 17.8 Å². The highest BCUT2D eigenvalue weighted by Gasteiger charge is 2.71. The summed E-state index contributed by atoms with van der Waals surface area (Å²) in [5, 5.41) is -5.41. The van der Waals surface area contributed by atoms with E-state index in [2.05, 4.69) is 0 Å². The summed E-state index contributed by atoms with van der Waals surface area (Å²) in [6, 6.07) is 0. The van der Waals surface area contributed by atoms with Crippen molar-refractivity contribution in [1.29, 1.82) is 0 Å². The molecule has 0 heterocycles. The number of fused-ring (bicyclic) bond motifs is 2. The first-order valence-corrected chi connectivity index (χ1v) is 10.0. The summed E-state index contributed by atoms with van der Waals surface area (Å²) in [4.78, 5) is 0. The molecule has 0 amide bonds. The molecule has 3 aliphatic rings. The fraction of sp³-hybridized carbons (Fsp3) is 0.765. The predicted molar refractivity (Wildman–Crippen MR) is 90.0 cm³/mol. The van der Waals surface area contributed by atoms with Crippen LogP contribution in [0.2, 0.25) is 0 Å². The second-order valence-corrected chi connectivity index (χ2v) is 8.56. The van der Waals surface area contributed by atoms with Gasteiger partial charge < -0.3 is 9.47 Å². The van der Waals surface area contributed by atoms with E-state index >= 15 is 0 Å². The van der Waals surface area contributed by atoms with E-state index in [4.69, 9.17) is 14.0 Å². The maximum atomic E-state index is 13.6. The molecule has 10 heteroatoms. The number of allylic oxidation sites excluding steroid dienone is 2. The van der Waals surface area contributed by atoms with E-state index in [1.165, 1.54) is 0 Å². The minimum Gasteiger partial charge on any atom is -0.501 e. The maximum Gasteiger partial charge on any atom is 0.431 e. The molecule has 0 aromatic rings. The van der Waals surface area contributed by atoms with E-state index in [1.807, 2.05) is 18.2 Å². The van der Waals surface area contributed by atoms with E-state index < -0.39 is 33.1 Å². The van der Waals surface area contributed by atoms with Crippen LogP contribution in [0.15, 0.2) is 24.0 Å².